The third kappa shape index (κ3) is 3.04. The first-order valence-electron chi connectivity index (χ1n) is 6.18. The van der Waals surface area contributed by atoms with Crippen molar-refractivity contribution in [2.75, 3.05) is 11.9 Å². The monoisotopic (exact) mass is 288 g/mol. The van der Waals surface area contributed by atoms with Crippen LogP contribution < -0.4 is 11.1 Å². The summed E-state index contributed by atoms with van der Waals surface area (Å²) in [6.45, 7) is 0.428. The van der Waals surface area contributed by atoms with Gasteiger partial charge in [-0.15, -0.1) is 0 Å². The van der Waals surface area contributed by atoms with Gasteiger partial charge in [-0.25, -0.2) is 8.78 Å². The zero-order chi connectivity index (χ0) is 14.0. The van der Waals surface area contributed by atoms with Crippen LogP contribution in [0, 0.1) is 23.5 Å². The molecule has 6 heteroatoms. The second-order valence-corrected chi connectivity index (χ2v) is 5.17. The molecule has 0 saturated heterocycles. The maximum absolute atomic E-state index is 13.6. The molecule has 104 valence electrons. The van der Waals surface area contributed by atoms with Crippen molar-refractivity contribution in [3.63, 3.8) is 0 Å². The quantitative estimate of drug-likeness (QED) is 0.898. The number of anilines is 1. The maximum atomic E-state index is 13.6. The lowest BCUT2D eigenvalue weighted by molar-refractivity contribution is -0.120. The van der Waals surface area contributed by atoms with E-state index in [-0.39, 0.29) is 28.5 Å². The molecule has 1 aliphatic rings. The third-order valence-electron chi connectivity index (χ3n) is 3.55. The maximum Gasteiger partial charge on any atom is 0.227 e. The molecule has 0 heterocycles. The lowest BCUT2D eigenvalue weighted by atomic mass is 9.95. The average Bonchev–Trinajstić information content (AvgIpc) is 2.81. The van der Waals surface area contributed by atoms with E-state index in [1.165, 1.54) is 0 Å². The van der Waals surface area contributed by atoms with Gasteiger partial charge in [-0.3, -0.25) is 4.79 Å². The Bertz CT molecular complexity index is 473. The molecule has 0 aromatic heterocycles. The molecule has 0 radical (unpaired) electrons. The van der Waals surface area contributed by atoms with Crippen LogP contribution in [0.15, 0.2) is 12.1 Å². The van der Waals surface area contributed by atoms with Gasteiger partial charge in [0.1, 0.15) is 5.82 Å². The normalized spacial score (nSPS) is 22.5. The van der Waals surface area contributed by atoms with Crippen molar-refractivity contribution < 1.29 is 13.6 Å². The molecule has 1 saturated carbocycles. The van der Waals surface area contributed by atoms with Crippen molar-refractivity contribution in [2.24, 2.45) is 17.6 Å². The van der Waals surface area contributed by atoms with Crippen LogP contribution in [-0.2, 0) is 4.79 Å². The smallest absolute Gasteiger partial charge is 0.227 e. The van der Waals surface area contributed by atoms with Crippen LogP contribution >= 0.6 is 11.6 Å². The minimum absolute atomic E-state index is 0.113. The van der Waals surface area contributed by atoms with Crippen molar-refractivity contribution in [1.29, 1.82) is 0 Å². The summed E-state index contributed by atoms with van der Waals surface area (Å²) in [7, 11) is 0. The fourth-order valence-corrected chi connectivity index (χ4v) is 2.78. The Morgan fingerprint density at radius 3 is 2.79 bits per heavy atom. The van der Waals surface area contributed by atoms with Crippen LogP contribution in [0.3, 0.4) is 0 Å². The molecule has 2 rings (SSSR count). The Kier molecular flexibility index (Phi) is 4.37. The van der Waals surface area contributed by atoms with E-state index in [9.17, 15) is 13.6 Å². The van der Waals surface area contributed by atoms with E-state index in [0.717, 1.165) is 25.3 Å². The summed E-state index contributed by atoms with van der Waals surface area (Å²) in [4.78, 5) is 12.1. The highest BCUT2D eigenvalue weighted by Crippen LogP contribution is 2.33. The number of nitrogens with one attached hydrogen (secondary N) is 1. The zero-order valence-corrected chi connectivity index (χ0v) is 11.0. The highest BCUT2D eigenvalue weighted by atomic mass is 35.5. The number of carbonyl (C=O) groups excluding carboxylic acids is 1. The van der Waals surface area contributed by atoms with Crippen LogP contribution in [0.2, 0.25) is 5.02 Å². The van der Waals surface area contributed by atoms with Crippen molar-refractivity contribution in [2.45, 2.75) is 19.3 Å². The van der Waals surface area contributed by atoms with Crippen LogP contribution in [-0.4, -0.2) is 12.5 Å². The third-order valence-corrected chi connectivity index (χ3v) is 3.85. The van der Waals surface area contributed by atoms with Crippen molar-refractivity contribution in [1.82, 2.24) is 0 Å². The van der Waals surface area contributed by atoms with E-state index < -0.39 is 11.6 Å². The lowest BCUT2D eigenvalue weighted by Crippen LogP contribution is -2.30. The summed E-state index contributed by atoms with van der Waals surface area (Å²) in [6, 6.07) is 1.66. The van der Waals surface area contributed by atoms with Gasteiger partial charge in [0.25, 0.3) is 0 Å². The van der Waals surface area contributed by atoms with Gasteiger partial charge in [-0.1, -0.05) is 18.0 Å². The SMILES string of the molecule is NCC1CCCC1C(=O)Nc1c(F)cc(F)cc1Cl. The van der Waals surface area contributed by atoms with Crippen molar-refractivity contribution >= 4 is 23.2 Å². The molecule has 2 atom stereocenters. The number of hydrogen-bond donors (Lipinski definition) is 2. The van der Waals surface area contributed by atoms with Crippen LogP contribution in [0.25, 0.3) is 0 Å². The predicted octanol–water partition coefficient (Wildman–Crippen LogP) is 2.93. The van der Waals surface area contributed by atoms with E-state index in [4.69, 9.17) is 17.3 Å². The van der Waals surface area contributed by atoms with Crippen LogP contribution in [0.1, 0.15) is 19.3 Å². The minimum atomic E-state index is -0.874. The van der Waals surface area contributed by atoms with Gasteiger partial charge in [-0.2, -0.15) is 0 Å². The van der Waals surface area contributed by atoms with Gasteiger partial charge in [0.2, 0.25) is 5.91 Å². The predicted molar refractivity (Wildman–Crippen MR) is 69.9 cm³/mol. The van der Waals surface area contributed by atoms with Gasteiger partial charge in [0, 0.05) is 12.0 Å². The summed E-state index contributed by atoms with van der Waals surface area (Å²) in [5, 5.41) is 2.30. The zero-order valence-electron chi connectivity index (χ0n) is 10.3. The fraction of sp³-hybridized carbons (Fsp3) is 0.462. The molecule has 1 aromatic rings. The first-order valence-corrected chi connectivity index (χ1v) is 6.56. The Morgan fingerprint density at radius 1 is 1.42 bits per heavy atom. The van der Waals surface area contributed by atoms with E-state index in [2.05, 4.69) is 5.32 Å². The van der Waals surface area contributed by atoms with Gasteiger partial charge in [0.15, 0.2) is 5.82 Å². The molecule has 1 aliphatic carbocycles. The molecule has 1 fully saturated rings. The number of carbonyl (C=O) groups is 1. The minimum Gasteiger partial charge on any atom is -0.330 e. The summed E-state index contributed by atoms with van der Waals surface area (Å²) >= 11 is 5.74. The standard InChI is InChI=1S/C13H15ClF2N2O/c14-10-4-8(15)5-11(16)12(10)18-13(19)9-3-1-2-7(9)6-17/h4-5,7,9H,1-3,6,17H2,(H,18,19). The number of halogens is 3. The highest BCUT2D eigenvalue weighted by Gasteiger charge is 2.32. The van der Waals surface area contributed by atoms with E-state index >= 15 is 0 Å². The highest BCUT2D eigenvalue weighted by molar-refractivity contribution is 6.33. The molecule has 1 aromatic carbocycles. The summed E-state index contributed by atoms with van der Waals surface area (Å²) in [6.07, 6.45) is 2.56. The second-order valence-electron chi connectivity index (χ2n) is 4.77. The Morgan fingerprint density at radius 2 is 2.16 bits per heavy atom. The Hall–Kier alpha value is -1.20. The fourth-order valence-electron chi connectivity index (χ4n) is 2.54. The summed E-state index contributed by atoms with van der Waals surface area (Å²) < 4.78 is 26.5. The lowest BCUT2D eigenvalue weighted by Gasteiger charge is -2.18. The van der Waals surface area contributed by atoms with Crippen molar-refractivity contribution in [3.8, 4) is 0 Å². The number of hydrogen-bond acceptors (Lipinski definition) is 2. The summed E-state index contributed by atoms with van der Waals surface area (Å²) in [5.74, 6) is -2.07. The molecule has 1 amide bonds. The van der Waals surface area contributed by atoms with Crippen LogP contribution in [0.4, 0.5) is 14.5 Å². The van der Waals surface area contributed by atoms with Gasteiger partial charge < -0.3 is 11.1 Å². The first-order chi connectivity index (χ1) is 9.02. The van der Waals surface area contributed by atoms with E-state index in [0.29, 0.717) is 12.6 Å². The first kappa shape index (κ1) is 14.2. The largest absolute Gasteiger partial charge is 0.330 e. The van der Waals surface area contributed by atoms with Crippen LogP contribution in [0.5, 0.6) is 0 Å². The van der Waals surface area contributed by atoms with Crippen molar-refractivity contribution in [3.05, 3.63) is 28.8 Å². The summed E-state index contributed by atoms with van der Waals surface area (Å²) in [5.41, 5.74) is 5.43. The van der Waals surface area contributed by atoms with Gasteiger partial charge in [0.05, 0.1) is 10.7 Å². The van der Waals surface area contributed by atoms with Gasteiger partial charge in [-0.05, 0) is 31.4 Å². The molecule has 0 aliphatic heterocycles. The number of rotatable bonds is 3. The molecule has 0 spiro atoms. The molecular formula is C13H15ClF2N2O. The molecule has 2 unspecified atom stereocenters. The average molecular weight is 289 g/mol. The second kappa shape index (κ2) is 5.84. The van der Waals surface area contributed by atoms with E-state index in [1.807, 2.05) is 0 Å². The van der Waals surface area contributed by atoms with Gasteiger partial charge >= 0.3 is 0 Å². The Balaban J connectivity index is 2.15. The molecule has 0 bridgehead atoms. The molecular weight excluding hydrogens is 274 g/mol. The Labute approximate surface area is 115 Å². The molecule has 3 N–H and O–H groups in total. The van der Waals surface area contributed by atoms with E-state index in [1.54, 1.807) is 0 Å². The molecule has 19 heavy (non-hydrogen) atoms. The number of amides is 1. The molecule has 3 nitrogen and oxygen atoms in total. The number of nitrogens with two attached hydrogens (primary N) is 1. The topological polar surface area (TPSA) is 55.1 Å². The number of benzene rings is 1.